The number of rotatable bonds is 5. The molecule has 3 atom stereocenters. The van der Waals surface area contributed by atoms with Crippen molar-refractivity contribution >= 4 is 41.0 Å². The van der Waals surface area contributed by atoms with E-state index in [0.717, 1.165) is 29.9 Å². The fraction of sp³-hybridized carbons (Fsp3) is 0.474. The second-order valence-corrected chi connectivity index (χ2v) is 7.41. The lowest BCUT2D eigenvalue weighted by atomic mass is 9.81. The van der Waals surface area contributed by atoms with Gasteiger partial charge in [-0.15, -0.1) is 0 Å². The lowest BCUT2D eigenvalue weighted by molar-refractivity contribution is -0.158. The van der Waals surface area contributed by atoms with Crippen LogP contribution in [0.25, 0.3) is 0 Å². The van der Waals surface area contributed by atoms with Crippen LogP contribution < -0.4 is 5.32 Å². The Morgan fingerprint density at radius 2 is 1.86 bits per heavy atom. The summed E-state index contributed by atoms with van der Waals surface area (Å²) in [5, 5.41) is 2.43. The first-order valence-corrected chi connectivity index (χ1v) is 9.46. The van der Waals surface area contributed by atoms with Crippen molar-refractivity contribution in [3.05, 3.63) is 29.0 Å². The molecule has 28 heavy (non-hydrogen) atoms. The lowest BCUT2D eigenvalue weighted by Gasteiger charge is -2.19. The lowest BCUT2D eigenvalue weighted by Crippen LogP contribution is -2.39. The number of nitrogens with one attached hydrogen (secondary N) is 1. The van der Waals surface area contributed by atoms with Crippen LogP contribution in [0.4, 0.5) is 10.1 Å². The van der Waals surface area contributed by atoms with E-state index in [9.17, 15) is 23.6 Å². The van der Waals surface area contributed by atoms with Crippen LogP contribution in [0.2, 0.25) is 5.02 Å². The highest BCUT2D eigenvalue weighted by Crippen LogP contribution is 2.37. The number of fused-ring (bicyclic) bond motifs is 1. The second kappa shape index (κ2) is 8.26. The summed E-state index contributed by atoms with van der Waals surface area (Å²) in [6, 6.07) is 3.45. The fourth-order valence-corrected chi connectivity index (χ4v) is 3.84. The predicted molar refractivity (Wildman–Crippen MR) is 97.8 cm³/mol. The maximum absolute atomic E-state index is 13.1. The molecule has 1 heterocycles. The summed E-state index contributed by atoms with van der Waals surface area (Å²) >= 11 is 5.85. The number of nitrogens with zero attached hydrogens (tertiary/aromatic N) is 1. The zero-order valence-electron chi connectivity index (χ0n) is 15.2. The molecule has 1 aromatic rings. The molecule has 150 valence electrons. The Labute approximate surface area is 166 Å². The van der Waals surface area contributed by atoms with E-state index >= 15 is 0 Å². The average Bonchev–Trinajstić information content (AvgIpc) is 2.89. The molecule has 2 fully saturated rings. The Morgan fingerprint density at radius 1 is 1.25 bits per heavy atom. The molecule has 0 unspecified atom stereocenters. The van der Waals surface area contributed by atoms with Gasteiger partial charge in [-0.25, -0.2) is 4.39 Å². The summed E-state index contributed by atoms with van der Waals surface area (Å²) in [6.07, 6.45) is 1.89. The number of imide groups is 1. The molecule has 9 heteroatoms. The summed E-state index contributed by atoms with van der Waals surface area (Å²) in [6.45, 7) is 0.831. The van der Waals surface area contributed by atoms with Crippen LogP contribution in [-0.4, -0.2) is 41.2 Å². The van der Waals surface area contributed by atoms with Crippen molar-refractivity contribution in [2.24, 2.45) is 11.8 Å². The van der Waals surface area contributed by atoms with Crippen molar-refractivity contribution in [3.63, 3.8) is 0 Å². The van der Waals surface area contributed by atoms with Gasteiger partial charge in [0.15, 0.2) is 6.10 Å². The van der Waals surface area contributed by atoms with E-state index in [4.69, 9.17) is 16.3 Å². The van der Waals surface area contributed by atoms with Gasteiger partial charge in [0, 0.05) is 0 Å². The van der Waals surface area contributed by atoms with E-state index in [2.05, 4.69) is 5.32 Å². The van der Waals surface area contributed by atoms with Crippen molar-refractivity contribution in [1.82, 2.24) is 4.90 Å². The zero-order valence-corrected chi connectivity index (χ0v) is 16.0. The van der Waals surface area contributed by atoms with Crippen LogP contribution in [0.5, 0.6) is 0 Å². The van der Waals surface area contributed by atoms with Crippen LogP contribution in [0.15, 0.2) is 18.2 Å². The maximum Gasteiger partial charge on any atom is 0.326 e. The molecular formula is C19H20ClFN2O5. The molecule has 1 N–H and O–H groups in total. The highest BCUT2D eigenvalue weighted by molar-refractivity contribution is 6.33. The number of esters is 1. The van der Waals surface area contributed by atoms with Crippen LogP contribution in [0.1, 0.15) is 32.6 Å². The Morgan fingerprint density at radius 3 is 2.43 bits per heavy atom. The standard InChI is InChI=1S/C19H20ClFN2O5/c1-10(17(25)22-15-7-6-11(21)8-14(15)20)28-16(24)9-23-18(26)12-4-2-3-5-13(12)19(23)27/h6-8,10,12-13H,2-5,9H2,1H3,(H,22,25)/t10-,12-,13+/m0/s1. The molecule has 1 aromatic carbocycles. The number of amides is 3. The topological polar surface area (TPSA) is 92.8 Å². The quantitative estimate of drug-likeness (QED) is 0.594. The summed E-state index contributed by atoms with van der Waals surface area (Å²) in [5.41, 5.74) is 0.171. The third kappa shape index (κ3) is 4.16. The normalized spacial score (nSPS) is 22.6. The second-order valence-electron chi connectivity index (χ2n) is 7.01. The summed E-state index contributed by atoms with van der Waals surface area (Å²) < 4.78 is 18.1. The minimum absolute atomic E-state index is 0.00254. The van der Waals surface area contributed by atoms with Crippen molar-refractivity contribution in [1.29, 1.82) is 0 Å². The molecule has 3 amide bonds. The number of halogens is 2. The van der Waals surface area contributed by atoms with Gasteiger partial charge >= 0.3 is 5.97 Å². The first kappa shape index (κ1) is 20.3. The van der Waals surface area contributed by atoms with E-state index in [1.165, 1.54) is 13.0 Å². The van der Waals surface area contributed by atoms with Gasteiger partial charge in [0.2, 0.25) is 11.8 Å². The van der Waals surface area contributed by atoms with Gasteiger partial charge in [0.1, 0.15) is 12.4 Å². The largest absolute Gasteiger partial charge is 0.451 e. The van der Waals surface area contributed by atoms with Gasteiger partial charge < -0.3 is 10.1 Å². The van der Waals surface area contributed by atoms with Crippen LogP contribution in [0.3, 0.4) is 0 Å². The van der Waals surface area contributed by atoms with E-state index in [1.807, 2.05) is 0 Å². The van der Waals surface area contributed by atoms with Crippen LogP contribution in [-0.2, 0) is 23.9 Å². The first-order chi connectivity index (χ1) is 13.3. The summed E-state index contributed by atoms with van der Waals surface area (Å²) in [4.78, 5) is 50.0. The number of hydrogen-bond donors (Lipinski definition) is 1. The third-order valence-electron chi connectivity index (χ3n) is 5.09. The molecule has 1 saturated carbocycles. The number of carbonyl (C=O) groups excluding carboxylic acids is 4. The van der Waals surface area contributed by atoms with Gasteiger partial charge in [-0.05, 0) is 38.0 Å². The number of benzene rings is 1. The van der Waals surface area contributed by atoms with Gasteiger partial charge in [0.25, 0.3) is 5.91 Å². The summed E-state index contributed by atoms with van der Waals surface area (Å²) in [5.74, 6) is -3.47. The number of ether oxygens (including phenoxy) is 1. The average molecular weight is 411 g/mol. The van der Waals surface area contributed by atoms with Crippen molar-refractivity contribution in [2.75, 3.05) is 11.9 Å². The summed E-state index contributed by atoms with van der Waals surface area (Å²) in [7, 11) is 0. The molecule has 7 nitrogen and oxygen atoms in total. The molecule has 0 spiro atoms. The third-order valence-corrected chi connectivity index (χ3v) is 5.40. The van der Waals surface area contributed by atoms with Crippen LogP contribution >= 0.6 is 11.6 Å². The van der Waals surface area contributed by atoms with E-state index < -0.39 is 30.3 Å². The Balaban J connectivity index is 1.56. The Hall–Kier alpha value is -2.48. The molecule has 2 aliphatic rings. The molecular weight excluding hydrogens is 391 g/mol. The zero-order chi connectivity index (χ0) is 20.4. The minimum Gasteiger partial charge on any atom is -0.451 e. The van der Waals surface area contributed by atoms with Crippen LogP contribution in [0, 0.1) is 17.7 Å². The predicted octanol–water partition coefficient (Wildman–Crippen LogP) is 2.52. The van der Waals surface area contributed by atoms with Crippen molar-refractivity contribution in [3.8, 4) is 0 Å². The Kier molecular flexibility index (Phi) is 5.98. The van der Waals surface area contributed by atoms with E-state index in [0.29, 0.717) is 12.8 Å². The number of carbonyl (C=O) groups is 4. The fourth-order valence-electron chi connectivity index (χ4n) is 3.63. The SMILES string of the molecule is C[C@H](OC(=O)CN1C(=O)[C@H]2CCCC[C@H]2C1=O)C(=O)Nc1ccc(F)cc1Cl. The molecule has 1 aliphatic heterocycles. The Bertz CT molecular complexity index is 807. The minimum atomic E-state index is -1.19. The van der Waals surface area contributed by atoms with Gasteiger partial charge in [-0.1, -0.05) is 24.4 Å². The first-order valence-electron chi connectivity index (χ1n) is 9.08. The van der Waals surface area contributed by atoms with Gasteiger partial charge in [-0.2, -0.15) is 0 Å². The number of anilines is 1. The molecule has 0 radical (unpaired) electrons. The van der Waals surface area contributed by atoms with Crippen molar-refractivity contribution in [2.45, 2.75) is 38.7 Å². The van der Waals surface area contributed by atoms with E-state index in [-0.39, 0.29) is 34.4 Å². The van der Waals surface area contributed by atoms with Gasteiger partial charge in [0.05, 0.1) is 22.5 Å². The number of likely N-dealkylation sites (tertiary alicyclic amines) is 1. The monoisotopic (exact) mass is 410 g/mol. The highest BCUT2D eigenvalue weighted by Gasteiger charge is 2.48. The molecule has 3 rings (SSSR count). The van der Waals surface area contributed by atoms with Gasteiger partial charge in [-0.3, -0.25) is 24.1 Å². The molecule has 0 aromatic heterocycles. The molecule has 1 saturated heterocycles. The van der Waals surface area contributed by atoms with Crippen molar-refractivity contribution < 1.29 is 28.3 Å². The van der Waals surface area contributed by atoms with E-state index in [1.54, 1.807) is 0 Å². The highest BCUT2D eigenvalue weighted by atomic mass is 35.5. The smallest absolute Gasteiger partial charge is 0.326 e. The molecule has 0 bridgehead atoms. The maximum atomic E-state index is 13.1. The molecule has 1 aliphatic carbocycles. The number of hydrogen-bond acceptors (Lipinski definition) is 5.